The largest absolute Gasteiger partial charge is 0.493 e. The van der Waals surface area contributed by atoms with E-state index < -0.39 is 0 Å². The number of carbonyl (C=O) groups is 1. The maximum absolute atomic E-state index is 13.4. The van der Waals surface area contributed by atoms with Crippen LogP contribution in [0.25, 0.3) is 11.0 Å². The molecule has 0 amide bonds. The van der Waals surface area contributed by atoms with Gasteiger partial charge in [0, 0.05) is 42.2 Å². The number of carbonyl (C=O) groups excluding carboxylic acids is 1. The van der Waals surface area contributed by atoms with Gasteiger partial charge in [-0.2, -0.15) is 4.65 Å². The lowest BCUT2D eigenvalue weighted by molar-refractivity contribution is -1.10. The Morgan fingerprint density at radius 1 is 1.22 bits per heavy atom. The summed E-state index contributed by atoms with van der Waals surface area (Å²) in [5.41, 5.74) is 1.87. The normalized spacial score (nSPS) is 20.9. The number of quaternary nitrogens is 1. The minimum absolute atomic E-state index is 0.00924. The molecule has 0 radical (unpaired) electrons. The Kier molecular flexibility index (Phi) is 6.43. The van der Waals surface area contributed by atoms with Crippen LogP contribution >= 0.6 is 0 Å². The molecule has 1 aliphatic rings. The zero-order valence-corrected chi connectivity index (χ0v) is 18.3. The quantitative estimate of drug-likeness (QED) is 0.308. The zero-order chi connectivity index (χ0) is 22.7. The molecule has 3 aromatic rings. The highest BCUT2D eigenvalue weighted by Gasteiger charge is 2.35. The molecule has 1 saturated heterocycles. The summed E-state index contributed by atoms with van der Waals surface area (Å²) >= 11 is 0. The molecule has 0 saturated carbocycles. The van der Waals surface area contributed by atoms with Gasteiger partial charge in [0.25, 0.3) is 0 Å². The number of Topliss-reactive ketones (excluding diaryl/α,β-unsaturated/α-hetero) is 1. The number of aromatic nitrogens is 1. The molecule has 0 aliphatic carbocycles. The molecule has 170 valence electrons. The molecule has 2 aromatic carbocycles. The highest BCUT2D eigenvalue weighted by Crippen LogP contribution is 2.34. The average Bonchev–Trinajstić information content (AvgIpc) is 3.20. The van der Waals surface area contributed by atoms with Crippen molar-refractivity contribution in [3.05, 3.63) is 53.5 Å². The van der Waals surface area contributed by atoms with Crippen molar-refractivity contribution in [2.75, 3.05) is 33.4 Å². The molecule has 7 nitrogen and oxygen atoms in total. The molecule has 0 spiro atoms. The molecule has 4 rings (SSSR count). The third-order valence-corrected chi connectivity index (χ3v) is 6.18. The first kappa shape index (κ1) is 22.2. The van der Waals surface area contributed by atoms with Gasteiger partial charge in [-0.3, -0.25) is 4.79 Å². The second-order valence-electron chi connectivity index (χ2n) is 8.37. The van der Waals surface area contributed by atoms with Gasteiger partial charge in [0.2, 0.25) is 0 Å². The van der Waals surface area contributed by atoms with Gasteiger partial charge < -0.3 is 14.0 Å². The van der Waals surface area contributed by atoms with Crippen molar-refractivity contribution >= 4 is 16.8 Å². The lowest BCUT2D eigenvalue weighted by Gasteiger charge is -2.36. The molecule has 2 heterocycles. The first-order chi connectivity index (χ1) is 15.4. The highest BCUT2D eigenvalue weighted by molar-refractivity contribution is 5.94. The Morgan fingerprint density at radius 2 is 2.00 bits per heavy atom. The van der Waals surface area contributed by atoms with Crippen LogP contribution in [0.5, 0.6) is 11.5 Å². The number of hydrogen-bond donors (Lipinski definition) is 1. The summed E-state index contributed by atoms with van der Waals surface area (Å²) in [6.07, 6.45) is 2.22. The minimum Gasteiger partial charge on any atom is -0.493 e. The summed E-state index contributed by atoms with van der Waals surface area (Å²) in [7, 11) is 1.54. The maximum Gasteiger partial charge on any atom is 0.170 e. The van der Waals surface area contributed by atoms with Crippen LogP contribution in [-0.2, 0) is 0 Å². The number of hydroxylamine groups is 3. The molecular formula is C24H28FN2O5+. The van der Waals surface area contributed by atoms with Gasteiger partial charge in [-0.1, -0.05) is 5.16 Å². The van der Waals surface area contributed by atoms with Crippen molar-refractivity contribution in [2.24, 2.45) is 0 Å². The zero-order valence-electron chi connectivity index (χ0n) is 18.3. The number of ether oxygens (including phenoxy) is 2. The van der Waals surface area contributed by atoms with Crippen molar-refractivity contribution in [3.63, 3.8) is 0 Å². The first-order valence-corrected chi connectivity index (χ1v) is 10.8. The van der Waals surface area contributed by atoms with Crippen LogP contribution in [0.15, 0.2) is 40.9 Å². The number of methoxy groups -OCH3 is 1. The van der Waals surface area contributed by atoms with E-state index in [9.17, 15) is 14.4 Å². The summed E-state index contributed by atoms with van der Waals surface area (Å²) in [4.78, 5) is 11.5. The van der Waals surface area contributed by atoms with Crippen LogP contribution in [0.2, 0.25) is 0 Å². The molecule has 0 atom stereocenters. The van der Waals surface area contributed by atoms with Gasteiger partial charge in [0.15, 0.2) is 22.9 Å². The predicted molar refractivity (Wildman–Crippen MR) is 116 cm³/mol. The molecule has 1 fully saturated rings. The number of nitrogens with zero attached hydrogens (tertiary/aromatic N) is 2. The van der Waals surface area contributed by atoms with E-state index >= 15 is 0 Å². The predicted octanol–water partition coefficient (Wildman–Crippen LogP) is 4.73. The van der Waals surface area contributed by atoms with E-state index in [1.165, 1.54) is 19.1 Å². The van der Waals surface area contributed by atoms with Gasteiger partial charge >= 0.3 is 0 Å². The summed E-state index contributed by atoms with van der Waals surface area (Å²) in [5.74, 6) is 0.905. The third kappa shape index (κ3) is 4.76. The fourth-order valence-corrected chi connectivity index (χ4v) is 4.32. The van der Waals surface area contributed by atoms with Crippen LogP contribution in [0, 0.1) is 5.82 Å². The van der Waals surface area contributed by atoms with E-state index in [2.05, 4.69) is 5.16 Å². The topological polar surface area (TPSA) is 81.8 Å². The standard InChI is InChI=1S/C24H28FN2O5/c1-16(28)18-4-7-21(23(14-18)30-2)31-13-3-10-27(29)11-8-17(9-12-27)24-20-6-5-19(25)15-22(20)32-26-24/h4-7,14-15,17,29H,3,8-13H2,1-2H3/q+1. The van der Waals surface area contributed by atoms with Crippen LogP contribution in [-0.4, -0.2) is 54.1 Å². The van der Waals surface area contributed by atoms with Gasteiger partial charge in [0.1, 0.15) is 25.5 Å². The third-order valence-electron chi connectivity index (χ3n) is 6.18. The van der Waals surface area contributed by atoms with Crippen molar-refractivity contribution in [3.8, 4) is 11.5 Å². The molecule has 0 bridgehead atoms. The highest BCUT2D eigenvalue weighted by atomic mass is 19.1. The fraction of sp³-hybridized carbons (Fsp3) is 0.417. The minimum atomic E-state index is -0.343. The maximum atomic E-state index is 13.4. The average molecular weight is 443 g/mol. The molecule has 1 aromatic heterocycles. The van der Waals surface area contributed by atoms with Crippen molar-refractivity contribution < 1.29 is 33.0 Å². The van der Waals surface area contributed by atoms with E-state index in [0.29, 0.717) is 55.3 Å². The summed E-state index contributed by atoms with van der Waals surface area (Å²) in [5, 5.41) is 16.0. The fourth-order valence-electron chi connectivity index (χ4n) is 4.32. The van der Waals surface area contributed by atoms with Gasteiger partial charge in [-0.05, 0) is 37.3 Å². The van der Waals surface area contributed by atoms with E-state index in [1.54, 1.807) is 31.4 Å². The second kappa shape index (κ2) is 9.26. The monoisotopic (exact) mass is 443 g/mol. The lowest BCUT2D eigenvalue weighted by atomic mass is 9.91. The van der Waals surface area contributed by atoms with E-state index in [-0.39, 0.29) is 22.2 Å². The van der Waals surface area contributed by atoms with Crippen LogP contribution in [0.3, 0.4) is 0 Å². The Morgan fingerprint density at radius 3 is 2.72 bits per heavy atom. The SMILES string of the molecule is COc1cc(C(C)=O)ccc1OCCC[N+]1(O)CCC(c2noc3cc(F)ccc23)CC1. The van der Waals surface area contributed by atoms with Gasteiger partial charge in [-0.15, -0.1) is 0 Å². The lowest BCUT2D eigenvalue weighted by Crippen LogP contribution is -2.50. The van der Waals surface area contributed by atoms with Crippen LogP contribution in [0.1, 0.15) is 48.2 Å². The van der Waals surface area contributed by atoms with Gasteiger partial charge in [0.05, 0.1) is 19.4 Å². The summed E-state index contributed by atoms with van der Waals surface area (Å²) in [6, 6.07) is 9.60. The Bertz CT molecular complexity index is 1100. The van der Waals surface area contributed by atoms with E-state index in [4.69, 9.17) is 14.0 Å². The van der Waals surface area contributed by atoms with Crippen LogP contribution < -0.4 is 9.47 Å². The van der Waals surface area contributed by atoms with Crippen LogP contribution in [0.4, 0.5) is 4.39 Å². The smallest absolute Gasteiger partial charge is 0.170 e. The number of rotatable bonds is 8. The van der Waals surface area contributed by atoms with Gasteiger partial charge in [-0.25, -0.2) is 9.60 Å². The Balaban J connectivity index is 1.28. The molecule has 1 aliphatic heterocycles. The Hall–Kier alpha value is -2.97. The molecule has 1 N–H and O–H groups in total. The number of ketones is 1. The molecule has 32 heavy (non-hydrogen) atoms. The van der Waals surface area contributed by atoms with E-state index in [1.807, 2.05) is 0 Å². The first-order valence-electron chi connectivity index (χ1n) is 10.8. The Labute approximate surface area is 185 Å². The number of likely N-dealkylation sites (tertiary alicyclic amines) is 1. The number of benzene rings is 2. The number of piperidine rings is 1. The summed E-state index contributed by atoms with van der Waals surface area (Å²) in [6.45, 7) is 3.73. The van der Waals surface area contributed by atoms with E-state index in [0.717, 1.165) is 23.9 Å². The molecule has 0 unspecified atom stereocenters. The molecular weight excluding hydrogens is 415 g/mol. The molecule has 8 heteroatoms. The summed E-state index contributed by atoms with van der Waals surface area (Å²) < 4.78 is 29.8. The number of halogens is 1. The van der Waals surface area contributed by atoms with Crippen molar-refractivity contribution in [2.45, 2.75) is 32.1 Å². The number of hydrogen-bond acceptors (Lipinski definition) is 6. The number of fused-ring (bicyclic) bond motifs is 1. The second-order valence-corrected chi connectivity index (χ2v) is 8.37. The van der Waals surface area contributed by atoms with Crippen molar-refractivity contribution in [1.29, 1.82) is 0 Å². The van der Waals surface area contributed by atoms with Crippen molar-refractivity contribution in [1.82, 2.24) is 5.16 Å².